The molecule has 0 aliphatic heterocycles. The van der Waals surface area contributed by atoms with Crippen LogP contribution in [0, 0.1) is 5.82 Å². The van der Waals surface area contributed by atoms with E-state index in [-0.39, 0.29) is 22.0 Å². The molecule has 0 heterocycles. The number of halogens is 2. The molecule has 0 aromatic heterocycles. The predicted octanol–water partition coefficient (Wildman–Crippen LogP) is 2.81. The number of amides is 1. The topological polar surface area (TPSA) is 63.2 Å². The van der Waals surface area contributed by atoms with Crippen molar-refractivity contribution in [2.24, 2.45) is 0 Å². The van der Waals surface area contributed by atoms with Gasteiger partial charge in [0.1, 0.15) is 5.82 Å². The van der Waals surface area contributed by atoms with Gasteiger partial charge in [0.05, 0.1) is 9.92 Å². The van der Waals surface area contributed by atoms with Crippen LogP contribution in [-0.2, 0) is 16.4 Å². The number of hydrogen-bond acceptors (Lipinski definition) is 3. The summed E-state index contributed by atoms with van der Waals surface area (Å²) in [5, 5.41) is 2.59. The van der Waals surface area contributed by atoms with Crippen LogP contribution in [0.4, 0.5) is 4.39 Å². The average Bonchev–Trinajstić information content (AvgIpc) is 2.45. The maximum absolute atomic E-state index is 13.5. The summed E-state index contributed by atoms with van der Waals surface area (Å²) in [6, 6.07) is 10.0. The monoisotopic (exact) mass is 341 g/mol. The molecule has 4 nitrogen and oxygen atoms in total. The molecule has 0 aliphatic rings. The summed E-state index contributed by atoms with van der Waals surface area (Å²) >= 11 is 5.82. The molecule has 2 aromatic rings. The highest BCUT2D eigenvalue weighted by atomic mass is 35.5. The fourth-order valence-electron chi connectivity index (χ4n) is 1.85. The lowest BCUT2D eigenvalue weighted by Gasteiger charge is -2.08. The van der Waals surface area contributed by atoms with Gasteiger partial charge in [-0.05, 0) is 24.3 Å². The highest BCUT2D eigenvalue weighted by Gasteiger charge is 2.16. The zero-order chi connectivity index (χ0) is 16.3. The Morgan fingerprint density at radius 3 is 2.55 bits per heavy atom. The molecule has 0 spiro atoms. The second kappa shape index (κ2) is 6.46. The average molecular weight is 342 g/mol. The van der Waals surface area contributed by atoms with E-state index in [1.807, 2.05) is 0 Å². The Morgan fingerprint density at radius 1 is 1.23 bits per heavy atom. The summed E-state index contributed by atoms with van der Waals surface area (Å²) in [7, 11) is -3.54. The first kappa shape index (κ1) is 16.5. The Morgan fingerprint density at radius 2 is 1.91 bits per heavy atom. The van der Waals surface area contributed by atoms with Gasteiger partial charge < -0.3 is 5.32 Å². The van der Waals surface area contributed by atoms with Gasteiger partial charge >= 0.3 is 0 Å². The van der Waals surface area contributed by atoms with Crippen molar-refractivity contribution in [1.82, 2.24) is 5.32 Å². The first-order valence-electron chi connectivity index (χ1n) is 6.30. The van der Waals surface area contributed by atoms with Gasteiger partial charge in [-0.25, -0.2) is 12.8 Å². The van der Waals surface area contributed by atoms with E-state index < -0.39 is 21.6 Å². The Bertz CT molecular complexity index is 821. The van der Waals surface area contributed by atoms with E-state index in [0.717, 1.165) is 6.26 Å². The Kier molecular flexibility index (Phi) is 4.83. The Labute approximate surface area is 132 Å². The minimum atomic E-state index is -3.54. The summed E-state index contributed by atoms with van der Waals surface area (Å²) in [6.07, 6.45) is 1.01. The molecule has 0 fully saturated rings. The van der Waals surface area contributed by atoms with E-state index in [4.69, 9.17) is 11.6 Å². The fraction of sp³-hybridized carbons (Fsp3) is 0.133. The predicted molar refractivity (Wildman–Crippen MR) is 82.1 cm³/mol. The van der Waals surface area contributed by atoms with Crippen LogP contribution in [0.15, 0.2) is 47.4 Å². The zero-order valence-electron chi connectivity index (χ0n) is 11.6. The first-order valence-corrected chi connectivity index (χ1v) is 8.57. The summed E-state index contributed by atoms with van der Waals surface area (Å²) < 4.78 is 36.6. The summed E-state index contributed by atoms with van der Waals surface area (Å²) in [5.74, 6) is -0.930. The highest BCUT2D eigenvalue weighted by Crippen LogP contribution is 2.22. The van der Waals surface area contributed by atoms with Crippen molar-refractivity contribution in [2.75, 3.05) is 6.26 Å². The molecule has 0 atom stereocenters. The molecule has 1 amide bonds. The molecule has 22 heavy (non-hydrogen) atoms. The van der Waals surface area contributed by atoms with Crippen molar-refractivity contribution in [1.29, 1.82) is 0 Å². The van der Waals surface area contributed by atoms with Crippen molar-refractivity contribution < 1.29 is 17.6 Å². The third-order valence-electron chi connectivity index (χ3n) is 2.99. The van der Waals surface area contributed by atoms with Crippen LogP contribution in [0.2, 0.25) is 5.02 Å². The van der Waals surface area contributed by atoms with Gasteiger partial charge in [-0.3, -0.25) is 4.79 Å². The normalized spacial score (nSPS) is 11.2. The molecule has 1 N–H and O–H groups in total. The van der Waals surface area contributed by atoms with E-state index in [0.29, 0.717) is 5.56 Å². The number of sulfone groups is 1. The lowest BCUT2D eigenvalue weighted by molar-refractivity contribution is 0.0950. The number of carbonyl (C=O) groups excluding carboxylic acids is 1. The maximum Gasteiger partial charge on any atom is 0.251 e. The summed E-state index contributed by atoms with van der Waals surface area (Å²) in [4.78, 5) is 11.9. The van der Waals surface area contributed by atoms with Crippen molar-refractivity contribution in [3.63, 3.8) is 0 Å². The summed E-state index contributed by atoms with van der Waals surface area (Å²) in [5.41, 5.74) is 0.481. The first-order chi connectivity index (χ1) is 10.3. The van der Waals surface area contributed by atoms with E-state index in [1.54, 1.807) is 18.2 Å². The lowest BCUT2D eigenvalue weighted by atomic mass is 10.2. The largest absolute Gasteiger partial charge is 0.348 e. The van der Waals surface area contributed by atoms with Gasteiger partial charge in [0.15, 0.2) is 9.84 Å². The third-order valence-corrected chi connectivity index (χ3v) is 4.57. The molecule has 2 aromatic carbocycles. The number of carbonyl (C=O) groups is 1. The van der Waals surface area contributed by atoms with Gasteiger partial charge in [-0.15, -0.1) is 0 Å². The fourth-order valence-corrected chi connectivity index (χ4v) is 3.15. The second-order valence-corrected chi connectivity index (χ2v) is 7.08. The van der Waals surface area contributed by atoms with Crippen LogP contribution in [0.1, 0.15) is 15.9 Å². The number of rotatable bonds is 4. The molecule has 0 radical (unpaired) electrons. The van der Waals surface area contributed by atoms with Crippen LogP contribution < -0.4 is 5.32 Å². The van der Waals surface area contributed by atoms with Crippen molar-refractivity contribution >= 4 is 27.3 Å². The minimum Gasteiger partial charge on any atom is -0.348 e. The number of nitrogens with one attached hydrogen (secondary N) is 1. The SMILES string of the molecule is CS(=O)(=O)c1cc(C(=O)NCc2ccccc2F)ccc1Cl. The standard InChI is InChI=1S/C15H13ClFNO3S/c1-22(20,21)14-8-10(6-7-12(14)16)15(19)18-9-11-4-2-3-5-13(11)17/h2-8H,9H2,1H3,(H,18,19). The van der Waals surface area contributed by atoms with Crippen LogP contribution in [0.3, 0.4) is 0 Å². The van der Waals surface area contributed by atoms with E-state index in [9.17, 15) is 17.6 Å². The molecular weight excluding hydrogens is 329 g/mol. The molecular formula is C15H13ClFNO3S. The zero-order valence-corrected chi connectivity index (χ0v) is 13.2. The second-order valence-electron chi connectivity index (χ2n) is 4.69. The number of hydrogen-bond donors (Lipinski definition) is 1. The van der Waals surface area contributed by atoms with Crippen LogP contribution in [0.25, 0.3) is 0 Å². The molecule has 0 unspecified atom stereocenters. The van der Waals surface area contributed by atoms with Gasteiger partial charge in [-0.2, -0.15) is 0 Å². The highest BCUT2D eigenvalue weighted by molar-refractivity contribution is 7.90. The van der Waals surface area contributed by atoms with Gasteiger partial charge in [0.25, 0.3) is 5.91 Å². The lowest BCUT2D eigenvalue weighted by Crippen LogP contribution is -2.23. The molecule has 0 aliphatic carbocycles. The van der Waals surface area contributed by atoms with Crippen LogP contribution in [0.5, 0.6) is 0 Å². The Hall–Kier alpha value is -1.92. The van der Waals surface area contributed by atoms with Crippen LogP contribution in [-0.4, -0.2) is 20.6 Å². The molecule has 116 valence electrons. The third kappa shape index (κ3) is 3.84. The maximum atomic E-state index is 13.5. The molecule has 2 rings (SSSR count). The molecule has 0 saturated carbocycles. The molecule has 0 saturated heterocycles. The summed E-state index contributed by atoms with van der Waals surface area (Å²) in [6.45, 7) is 0.00232. The van der Waals surface area contributed by atoms with Crippen LogP contribution >= 0.6 is 11.6 Å². The number of benzene rings is 2. The molecule has 0 bridgehead atoms. The molecule has 7 heteroatoms. The van der Waals surface area contributed by atoms with E-state index in [1.165, 1.54) is 24.3 Å². The quantitative estimate of drug-likeness (QED) is 0.930. The van der Waals surface area contributed by atoms with Gasteiger partial charge in [-0.1, -0.05) is 29.8 Å². The van der Waals surface area contributed by atoms with Gasteiger partial charge in [0, 0.05) is 23.9 Å². The van der Waals surface area contributed by atoms with Crippen molar-refractivity contribution in [3.8, 4) is 0 Å². The van der Waals surface area contributed by atoms with Gasteiger partial charge in [0.2, 0.25) is 0 Å². The Balaban J connectivity index is 2.19. The van der Waals surface area contributed by atoms with Crippen molar-refractivity contribution in [2.45, 2.75) is 11.4 Å². The van der Waals surface area contributed by atoms with E-state index >= 15 is 0 Å². The van der Waals surface area contributed by atoms with E-state index in [2.05, 4.69) is 5.32 Å². The van der Waals surface area contributed by atoms with Crippen molar-refractivity contribution in [3.05, 3.63) is 64.4 Å². The minimum absolute atomic E-state index is 0.00232. The smallest absolute Gasteiger partial charge is 0.251 e.